The summed E-state index contributed by atoms with van der Waals surface area (Å²) in [5.74, 6) is -0.452. The second-order valence-corrected chi connectivity index (χ2v) is 9.56. The van der Waals surface area contributed by atoms with Crippen LogP contribution in [0.25, 0.3) is 0 Å². The largest absolute Gasteiger partial charge is 0.378 e. The molecular weight excluding hydrogens is 418 g/mol. The molecule has 0 radical (unpaired) electrons. The maximum Gasteiger partial charge on any atom is 0.256 e. The highest BCUT2D eigenvalue weighted by Crippen LogP contribution is 2.25. The summed E-state index contributed by atoms with van der Waals surface area (Å²) >= 11 is 0. The molecule has 2 aliphatic rings. The molecule has 2 fully saturated rings. The Balaban J connectivity index is 1.55. The Bertz CT molecular complexity index is 1080. The molecule has 9 heteroatoms. The predicted molar refractivity (Wildman–Crippen MR) is 118 cm³/mol. The number of ether oxygens (including phenoxy) is 1. The normalized spacial score (nSPS) is 18.5. The van der Waals surface area contributed by atoms with Crippen LogP contribution < -0.4 is 9.62 Å². The van der Waals surface area contributed by atoms with E-state index in [2.05, 4.69) is 5.32 Å². The first kappa shape index (κ1) is 21.3. The van der Waals surface area contributed by atoms with Crippen LogP contribution in [-0.4, -0.2) is 63.7 Å². The third-order valence-electron chi connectivity index (χ3n) is 5.45. The number of para-hydroxylation sites is 1. The van der Waals surface area contributed by atoms with Crippen LogP contribution in [0.5, 0.6) is 0 Å². The van der Waals surface area contributed by atoms with Crippen molar-refractivity contribution in [3.63, 3.8) is 0 Å². The molecule has 4 rings (SSSR count). The highest BCUT2D eigenvalue weighted by Gasteiger charge is 2.27. The van der Waals surface area contributed by atoms with Gasteiger partial charge in [-0.1, -0.05) is 18.2 Å². The molecule has 2 aromatic carbocycles. The molecule has 0 atom stereocenters. The molecule has 0 unspecified atom stereocenters. The van der Waals surface area contributed by atoms with Gasteiger partial charge < -0.3 is 15.0 Å². The quantitative estimate of drug-likeness (QED) is 0.783. The number of amides is 2. The summed E-state index contributed by atoms with van der Waals surface area (Å²) in [6.07, 6.45) is 1.43. The number of sulfonamides is 1. The van der Waals surface area contributed by atoms with Gasteiger partial charge >= 0.3 is 0 Å². The standard InChI is InChI=1S/C22H25N3O5S/c26-21(17-6-5-7-18(16-17)25-10-3-4-15-31(25,28)29)23-20-9-2-1-8-19(20)22(27)24-11-13-30-14-12-24/h1-2,5-9,16H,3-4,10-15H2,(H,23,26). The van der Waals surface area contributed by atoms with E-state index >= 15 is 0 Å². The SMILES string of the molecule is O=C(Nc1ccccc1C(=O)N1CCOCC1)c1cccc(N2CCCCS2(=O)=O)c1. The number of morpholine rings is 1. The van der Waals surface area contributed by atoms with Crippen LogP contribution in [0.15, 0.2) is 48.5 Å². The molecule has 2 amide bonds. The van der Waals surface area contributed by atoms with Gasteiger partial charge in [0, 0.05) is 25.2 Å². The smallest absolute Gasteiger partial charge is 0.256 e. The molecule has 164 valence electrons. The molecule has 0 bridgehead atoms. The number of rotatable bonds is 4. The minimum Gasteiger partial charge on any atom is -0.378 e. The Morgan fingerprint density at radius 2 is 1.71 bits per heavy atom. The van der Waals surface area contributed by atoms with Crippen LogP contribution >= 0.6 is 0 Å². The van der Waals surface area contributed by atoms with Gasteiger partial charge in [-0.15, -0.1) is 0 Å². The lowest BCUT2D eigenvalue weighted by Gasteiger charge is -2.28. The van der Waals surface area contributed by atoms with Gasteiger partial charge in [-0.3, -0.25) is 13.9 Å². The molecule has 31 heavy (non-hydrogen) atoms. The van der Waals surface area contributed by atoms with Gasteiger partial charge in [-0.25, -0.2) is 8.42 Å². The van der Waals surface area contributed by atoms with E-state index in [4.69, 9.17) is 4.74 Å². The van der Waals surface area contributed by atoms with Gasteiger partial charge in [0.25, 0.3) is 11.8 Å². The molecule has 0 spiro atoms. The molecule has 0 saturated carbocycles. The lowest BCUT2D eigenvalue weighted by atomic mass is 10.1. The maximum atomic E-state index is 12.9. The van der Waals surface area contributed by atoms with Crippen molar-refractivity contribution in [1.29, 1.82) is 0 Å². The number of hydrogen-bond donors (Lipinski definition) is 1. The summed E-state index contributed by atoms with van der Waals surface area (Å²) in [5, 5.41) is 2.81. The summed E-state index contributed by atoms with van der Waals surface area (Å²) in [4.78, 5) is 27.6. The van der Waals surface area contributed by atoms with Crippen LogP contribution in [0.4, 0.5) is 11.4 Å². The minimum atomic E-state index is -3.37. The van der Waals surface area contributed by atoms with Crippen molar-refractivity contribution in [3.05, 3.63) is 59.7 Å². The zero-order chi connectivity index (χ0) is 21.8. The molecule has 2 aliphatic heterocycles. The van der Waals surface area contributed by atoms with E-state index < -0.39 is 15.9 Å². The van der Waals surface area contributed by atoms with E-state index in [0.717, 1.165) is 6.42 Å². The monoisotopic (exact) mass is 443 g/mol. The van der Waals surface area contributed by atoms with Crippen molar-refractivity contribution in [2.24, 2.45) is 0 Å². The van der Waals surface area contributed by atoms with Gasteiger partial charge in [0.05, 0.1) is 35.9 Å². The Morgan fingerprint density at radius 3 is 2.48 bits per heavy atom. The van der Waals surface area contributed by atoms with E-state index in [1.54, 1.807) is 53.4 Å². The lowest BCUT2D eigenvalue weighted by Crippen LogP contribution is -2.41. The molecule has 1 N–H and O–H groups in total. The van der Waals surface area contributed by atoms with Crippen LogP contribution in [-0.2, 0) is 14.8 Å². The highest BCUT2D eigenvalue weighted by molar-refractivity contribution is 7.92. The van der Waals surface area contributed by atoms with Crippen LogP contribution in [0, 0.1) is 0 Å². The molecule has 2 saturated heterocycles. The number of nitrogens with zero attached hydrogens (tertiary/aromatic N) is 2. The lowest BCUT2D eigenvalue weighted by molar-refractivity contribution is 0.0303. The minimum absolute atomic E-state index is 0.112. The van der Waals surface area contributed by atoms with Gasteiger partial charge in [0.1, 0.15) is 0 Å². The third-order valence-corrected chi connectivity index (χ3v) is 7.32. The van der Waals surface area contributed by atoms with Crippen LogP contribution in [0.1, 0.15) is 33.6 Å². The van der Waals surface area contributed by atoms with E-state index in [9.17, 15) is 18.0 Å². The summed E-state index contributed by atoms with van der Waals surface area (Å²) in [7, 11) is -3.37. The second-order valence-electron chi connectivity index (χ2n) is 7.55. The summed E-state index contributed by atoms with van der Waals surface area (Å²) in [6.45, 7) is 2.41. The predicted octanol–water partition coefficient (Wildman–Crippen LogP) is 2.34. The zero-order valence-corrected chi connectivity index (χ0v) is 17.9. The van der Waals surface area contributed by atoms with E-state index in [1.165, 1.54) is 4.31 Å². The fourth-order valence-electron chi connectivity index (χ4n) is 3.79. The Labute approximate surface area is 181 Å². The first-order valence-corrected chi connectivity index (χ1v) is 11.9. The van der Waals surface area contributed by atoms with Crippen molar-refractivity contribution in [2.45, 2.75) is 12.8 Å². The second kappa shape index (κ2) is 9.07. The molecule has 0 aromatic heterocycles. The average molecular weight is 444 g/mol. The first-order valence-electron chi connectivity index (χ1n) is 10.3. The van der Waals surface area contributed by atoms with Crippen LogP contribution in [0.3, 0.4) is 0 Å². The highest BCUT2D eigenvalue weighted by atomic mass is 32.2. The van der Waals surface area contributed by atoms with Gasteiger partial charge in [0.15, 0.2) is 0 Å². The molecule has 2 heterocycles. The molecular formula is C22H25N3O5S. The summed E-state index contributed by atoms with van der Waals surface area (Å²) in [5.41, 5.74) is 1.63. The Kier molecular flexibility index (Phi) is 6.24. The Morgan fingerprint density at radius 1 is 0.935 bits per heavy atom. The number of nitrogens with one attached hydrogen (secondary N) is 1. The molecule has 0 aliphatic carbocycles. The van der Waals surface area contributed by atoms with Gasteiger partial charge in [-0.2, -0.15) is 0 Å². The van der Waals surface area contributed by atoms with E-state index in [0.29, 0.717) is 61.8 Å². The number of benzene rings is 2. The maximum absolute atomic E-state index is 12.9. The zero-order valence-electron chi connectivity index (χ0n) is 17.1. The fourth-order valence-corrected chi connectivity index (χ4v) is 5.42. The van der Waals surface area contributed by atoms with Crippen molar-refractivity contribution >= 4 is 33.2 Å². The number of anilines is 2. The first-order chi connectivity index (χ1) is 15.0. The van der Waals surface area contributed by atoms with Crippen molar-refractivity contribution in [3.8, 4) is 0 Å². The third kappa shape index (κ3) is 4.72. The number of carbonyl (C=O) groups excluding carboxylic acids is 2. The number of carbonyl (C=O) groups is 2. The number of hydrogen-bond acceptors (Lipinski definition) is 5. The summed E-state index contributed by atoms with van der Waals surface area (Å²) in [6, 6.07) is 13.4. The summed E-state index contributed by atoms with van der Waals surface area (Å²) < 4.78 is 31.5. The van der Waals surface area contributed by atoms with E-state index in [-0.39, 0.29) is 11.7 Å². The van der Waals surface area contributed by atoms with Crippen molar-refractivity contribution < 1.29 is 22.7 Å². The topological polar surface area (TPSA) is 96.0 Å². The van der Waals surface area contributed by atoms with Crippen molar-refractivity contribution in [1.82, 2.24) is 4.90 Å². The average Bonchev–Trinajstić information content (AvgIpc) is 2.79. The molecule has 8 nitrogen and oxygen atoms in total. The fraction of sp³-hybridized carbons (Fsp3) is 0.364. The van der Waals surface area contributed by atoms with E-state index in [1.807, 2.05) is 0 Å². The molecule has 2 aromatic rings. The Hall–Kier alpha value is -2.91. The van der Waals surface area contributed by atoms with Gasteiger partial charge in [-0.05, 0) is 43.2 Å². The van der Waals surface area contributed by atoms with Crippen molar-refractivity contribution in [2.75, 3.05) is 48.2 Å². The van der Waals surface area contributed by atoms with Crippen LogP contribution in [0.2, 0.25) is 0 Å². The van der Waals surface area contributed by atoms with Gasteiger partial charge in [0.2, 0.25) is 10.0 Å².